The lowest BCUT2D eigenvalue weighted by Gasteiger charge is -2.39. The van der Waals surface area contributed by atoms with Crippen molar-refractivity contribution < 1.29 is 4.74 Å². The number of benzene rings is 6. The van der Waals surface area contributed by atoms with Gasteiger partial charge in [-0.05, 0) is 70.2 Å². The molecule has 49 heavy (non-hydrogen) atoms. The monoisotopic (exact) mass is 638 g/mol. The summed E-state index contributed by atoms with van der Waals surface area (Å²) < 4.78 is 7.24. The first kappa shape index (κ1) is 33.7. The van der Waals surface area contributed by atoms with Crippen molar-refractivity contribution in [1.29, 1.82) is 0 Å². The van der Waals surface area contributed by atoms with Crippen LogP contribution in [0.5, 0.6) is 0 Å². The van der Waals surface area contributed by atoms with Gasteiger partial charge in [0.1, 0.15) is 0 Å². The third-order valence-corrected chi connectivity index (χ3v) is 9.82. The van der Waals surface area contributed by atoms with Gasteiger partial charge in [-0.1, -0.05) is 195 Å². The highest BCUT2D eigenvalue weighted by atomic mass is 16.5. The second kappa shape index (κ2) is 16.2. The summed E-state index contributed by atoms with van der Waals surface area (Å²) in [5.74, 6) is 0. The molecule has 0 unspecified atom stereocenters. The molecule has 0 bridgehead atoms. The van der Waals surface area contributed by atoms with E-state index in [-0.39, 0.29) is 10.8 Å². The fraction of sp³-hybridized carbons (Fsp3) is 0.167. The summed E-state index contributed by atoms with van der Waals surface area (Å²) in [5, 5.41) is 0. The maximum atomic E-state index is 7.24. The first-order valence-corrected chi connectivity index (χ1v) is 17.3. The second-order valence-corrected chi connectivity index (χ2v) is 13.4. The molecule has 0 fully saturated rings. The van der Waals surface area contributed by atoms with E-state index in [1.165, 1.54) is 33.4 Å². The van der Waals surface area contributed by atoms with Crippen LogP contribution in [0.2, 0.25) is 0 Å². The van der Waals surface area contributed by atoms with Crippen LogP contribution >= 0.6 is 0 Å². The molecule has 6 aromatic rings. The van der Waals surface area contributed by atoms with Gasteiger partial charge in [-0.15, -0.1) is 0 Å². The van der Waals surface area contributed by atoms with Crippen molar-refractivity contribution in [2.75, 3.05) is 13.2 Å². The zero-order chi connectivity index (χ0) is 33.8. The molecule has 1 heteroatoms. The molecular formula is C48H46O. The molecule has 1 nitrogen and oxygen atoms in total. The maximum Gasteiger partial charge on any atom is 0.0569 e. The lowest BCUT2D eigenvalue weighted by atomic mass is 9.70. The van der Waals surface area contributed by atoms with E-state index in [1.807, 2.05) is 12.2 Å². The van der Waals surface area contributed by atoms with Crippen molar-refractivity contribution in [3.8, 4) is 0 Å². The van der Waals surface area contributed by atoms with E-state index in [0.717, 1.165) is 36.8 Å². The minimum atomic E-state index is -0.305. The van der Waals surface area contributed by atoms with Crippen molar-refractivity contribution in [3.63, 3.8) is 0 Å². The average molecular weight is 639 g/mol. The highest BCUT2D eigenvalue weighted by molar-refractivity contribution is 5.50. The minimum Gasteiger partial charge on any atom is -0.380 e. The maximum absolute atomic E-state index is 7.24. The van der Waals surface area contributed by atoms with Gasteiger partial charge in [-0.3, -0.25) is 0 Å². The molecule has 0 aliphatic heterocycles. The average Bonchev–Trinajstić information content (AvgIpc) is 3.16. The Morgan fingerprint density at radius 3 is 0.878 bits per heavy atom. The largest absolute Gasteiger partial charge is 0.380 e. The number of hydrogen-bond donors (Lipinski definition) is 0. The molecule has 244 valence electrons. The Kier molecular flexibility index (Phi) is 11.2. The molecule has 0 heterocycles. The standard InChI is InChI=1S/C48H46O/c1-3-39-25-29-45(30-26-39)47(33-41-17-9-5-10-18-41,34-42-19-11-6-12-20-42)37-49-38-48(35-43-21-13-7-14-22-43,36-44-23-15-8-16-24-44)46-31-27-40(4-2)28-32-46/h3-32H,1-2,33-38H2. The van der Waals surface area contributed by atoms with E-state index in [2.05, 4.69) is 183 Å². The predicted octanol–water partition coefficient (Wildman–Crippen LogP) is 11.1. The fourth-order valence-electron chi connectivity index (χ4n) is 7.24. The smallest absolute Gasteiger partial charge is 0.0569 e. The summed E-state index contributed by atoms with van der Waals surface area (Å²) in [6.45, 7) is 9.17. The number of ether oxygens (including phenoxy) is 1. The van der Waals surface area contributed by atoms with Gasteiger partial charge in [0.2, 0.25) is 0 Å². The lowest BCUT2D eigenvalue weighted by molar-refractivity contribution is 0.0427. The van der Waals surface area contributed by atoms with E-state index in [9.17, 15) is 0 Å². The van der Waals surface area contributed by atoms with Crippen LogP contribution in [-0.2, 0) is 41.3 Å². The van der Waals surface area contributed by atoms with Crippen LogP contribution < -0.4 is 0 Å². The van der Waals surface area contributed by atoms with Gasteiger partial charge in [0.15, 0.2) is 0 Å². The van der Waals surface area contributed by atoms with Crippen LogP contribution in [0, 0.1) is 0 Å². The molecule has 0 aliphatic rings. The Bertz CT molecular complexity index is 1650. The third-order valence-electron chi connectivity index (χ3n) is 9.82. The van der Waals surface area contributed by atoms with Crippen LogP contribution in [-0.4, -0.2) is 13.2 Å². The van der Waals surface area contributed by atoms with Crippen molar-refractivity contribution in [2.24, 2.45) is 0 Å². The second-order valence-electron chi connectivity index (χ2n) is 13.4. The topological polar surface area (TPSA) is 9.23 Å². The summed E-state index contributed by atoms with van der Waals surface area (Å²) in [4.78, 5) is 0. The van der Waals surface area contributed by atoms with Gasteiger partial charge < -0.3 is 4.74 Å². The molecular weight excluding hydrogens is 593 g/mol. The molecule has 0 aliphatic carbocycles. The van der Waals surface area contributed by atoms with E-state index >= 15 is 0 Å². The Morgan fingerprint density at radius 2 is 0.633 bits per heavy atom. The summed E-state index contributed by atoms with van der Waals surface area (Å²) in [6.07, 6.45) is 7.25. The van der Waals surface area contributed by atoms with Gasteiger partial charge in [-0.2, -0.15) is 0 Å². The Hall–Kier alpha value is -5.24. The molecule has 6 rings (SSSR count). The van der Waals surface area contributed by atoms with Gasteiger partial charge in [-0.25, -0.2) is 0 Å². The first-order valence-electron chi connectivity index (χ1n) is 17.3. The summed E-state index contributed by atoms with van der Waals surface area (Å²) in [6, 6.07) is 61.3. The summed E-state index contributed by atoms with van der Waals surface area (Å²) in [5.41, 5.74) is 9.38. The Labute approximate surface area is 293 Å². The van der Waals surface area contributed by atoms with Crippen LogP contribution in [0.4, 0.5) is 0 Å². The molecule has 0 radical (unpaired) electrons. The van der Waals surface area contributed by atoms with E-state index < -0.39 is 0 Å². The van der Waals surface area contributed by atoms with Gasteiger partial charge >= 0.3 is 0 Å². The first-order chi connectivity index (χ1) is 24.1. The SMILES string of the molecule is C=Cc1ccc(C(COCC(Cc2ccccc2)(Cc2ccccc2)c2ccc(C=C)cc2)(Cc2ccccc2)Cc2ccccc2)cc1. The zero-order valence-corrected chi connectivity index (χ0v) is 28.4. The highest BCUT2D eigenvalue weighted by Gasteiger charge is 2.37. The molecule has 0 aromatic heterocycles. The fourth-order valence-corrected chi connectivity index (χ4v) is 7.24. The lowest BCUT2D eigenvalue weighted by Crippen LogP contribution is -2.42. The number of rotatable bonds is 16. The normalized spacial score (nSPS) is 11.6. The minimum absolute atomic E-state index is 0.305. The Balaban J connectivity index is 1.43. The number of hydrogen-bond acceptors (Lipinski definition) is 1. The van der Waals surface area contributed by atoms with Crippen molar-refractivity contribution in [1.82, 2.24) is 0 Å². The predicted molar refractivity (Wildman–Crippen MR) is 208 cm³/mol. The van der Waals surface area contributed by atoms with Crippen LogP contribution in [0.3, 0.4) is 0 Å². The molecule has 0 saturated carbocycles. The molecule has 0 amide bonds. The Morgan fingerprint density at radius 1 is 0.367 bits per heavy atom. The van der Waals surface area contributed by atoms with Gasteiger partial charge in [0, 0.05) is 10.8 Å². The van der Waals surface area contributed by atoms with Gasteiger partial charge in [0.05, 0.1) is 13.2 Å². The molecule has 0 N–H and O–H groups in total. The highest BCUT2D eigenvalue weighted by Crippen LogP contribution is 2.37. The van der Waals surface area contributed by atoms with Gasteiger partial charge in [0.25, 0.3) is 0 Å². The molecule has 0 spiro atoms. The third kappa shape index (κ3) is 8.62. The molecule has 0 atom stereocenters. The molecule has 0 saturated heterocycles. The van der Waals surface area contributed by atoms with Crippen LogP contribution in [0.1, 0.15) is 44.5 Å². The van der Waals surface area contributed by atoms with Crippen molar-refractivity contribution in [2.45, 2.75) is 36.5 Å². The van der Waals surface area contributed by atoms with E-state index in [4.69, 9.17) is 4.74 Å². The van der Waals surface area contributed by atoms with E-state index in [0.29, 0.717) is 13.2 Å². The van der Waals surface area contributed by atoms with Crippen LogP contribution in [0.15, 0.2) is 183 Å². The summed E-state index contributed by atoms with van der Waals surface area (Å²) in [7, 11) is 0. The summed E-state index contributed by atoms with van der Waals surface area (Å²) >= 11 is 0. The zero-order valence-electron chi connectivity index (χ0n) is 28.4. The van der Waals surface area contributed by atoms with Crippen molar-refractivity contribution in [3.05, 3.63) is 228 Å². The van der Waals surface area contributed by atoms with E-state index in [1.54, 1.807) is 0 Å². The van der Waals surface area contributed by atoms with Crippen molar-refractivity contribution >= 4 is 12.2 Å². The molecule has 6 aromatic carbocycles. The quantitative estimate of drug-likeness (QED) is 0.102. The van der Waals surface area contributed by atoms with Crippen LogP contribution in [0.25, 0.3) is 12.2 Å².